The normalized spacial score (nSPS) is 16.6. The largest absolute Gasteiger partial charge is 0.480 e. The van der Waals surface area contributed by atoms with Crippen molar-refractivity contribution in [2.75, 3.05) is 12.3 Å². The Bertz CT molecular complexity index is 299. The molecule has 2 unspecified atom stereocenters. The minimum Gasteiger partial charge on any atom is -0.480 e. The SMILES string of the molecule is NCCC(CS)C(N=C(N)C(F)(F)Cl)C(=O)O. The fraction of sp³-hybridized carbons (Fsp3) is 0.750. The number of carboxylic acid groups (broad SMARTS) is 1. The van der Waals surface area contributed by atoms with Crippen molar-refractivity contribution in [3.05, 3.63) is 0 Å². The van der Waals surface area contributed by atoms with Crippen molar-refractivity contribution in [2.45, 2.75) is 17.8 Å². The first kappa shape index (κ1) is 16.4. The molecule has 0 aromatic rings. The number of carbonyl (C=O) groups is 1. The fourth-order valence-electron chi connectivity index (χ4n) is 1.15. The Morgan fingerprint density at radius 3 is 2.41 bits per heavy atom. The Morgan fingerprint density at radius 2 is 2.12 bits per heavy atom. The van der Waals surface area contributed by atoms with Gasteiger partial charge >= 0.3 is 11.4 Å². The van der Waals surface area contributed by atoms with Gasteiger partial charge in [-0.2, -0.15) is 21.4 Å². The lowest BCUT2D eigenvalue weighted by Gasteiger charge is -2.19. The lowest BCUT2D eigenvalue weighted by atomic mass is 9.98. The standard InChI is InChI=1S/C8H14ClF2N3O2S/c9-8(10,11)7(13)14-5(6(15)16)4(3-17)1-2-12/h4-5,17H,1-3,12H2,(H2,13,14)(H,15,16). The molecule has 9 heteroatoms. The van der Waals surface area contributed by atoms with Crippen LogP contribution in [0.2, 0.25) is 0 Å². The van der Waals surface area contributed by atoms with Gasteiger partial charge in [-0.05, 0) is 30.3 Å². The van der Waals surface area contributed by atoms with E-state index < -0.39 is 29.1 Å². The predicted molar refractivity (Wildman–Crippen MR) is 64.9 cm³/mol. The number of nitrogens with two attached hydrogens (primary N) is 2. The second-order valence-electron chi connectivity index (χ2n) is 3.32. The average Bonchev–Trinajstić information content (AvgIpc) is 2.20. The van der Waals surface area contributed by atoms with E-state index >= 15 is 0 Å². The third kappa shape index (κ3) is 5.51. The van der Waals surface area contributed by atoms with E-state index in [-0.39, 0.29) is 18.7 Å². The van der Waals surface area contributed by atoms with Crippen molar-refractivity contribution >= 4 is 36.0 Å². The lowest BCUT2D eigenvalue weighted by molar-refractivity contribution is -0.139. The van der Waals surface area contributed by atoms with E-state index in [1.165, 1.54) is 0 Å². The molecule has 17 heavy (non-hydrogen) atoms. The lowest BCUT2D eigenvalue weighted by Crippen LogP contribution is -2.37. The highest BCUT2D eigenvalue weighted by Crippen LogP contribution is 2.21. The molecule has 5 nitrogen and oxygen atoms in total. The van der Waals surface area contributed by atoms with Crippen LogP contribution in [0.5, 0.6) is 0 Å². The second-order valence-corrected chi connectivity index (χ2v) is 4.16. The molecular weight excluding hydrogens is 276 g/mol. The molecule has 0 bridgehead atoms. The van der Waals surface area contributed by atoms with Crippen LogP contribution in [0.15, 0.2) is 4.99 Å². The van der Waals surface area contributed by atoms with Gasteiger partial charge in [0.1, 0.15) is 0 Å². The van der Waals surface area contributed by atoms with Gasteiger partial charge < -0.3 is 16.6 Å². The highest BCUT2D eigenvalue weighted by Gasteiger charge is 2.34. The van der Waals surface area contributed by atoms with Crippen LogP contribution in [0, 0.1) is 5.92 Å². The Hall–Kier alpha value is -0.600. The van der Waals surface area contributed by atoms with Crippen molar-refractivity contribution in [2.24, 2.45) is 22.4 Å². The van der Waals surface area contributed by atoms with E-state index in [1.807, 2.05) is 0 Å². The highest BCUT2D eigenvalue weighted by molar-refractivity contribution is 7.80. The monoisotopic (exact) mass is 289 g/mol. The zero-order valence-corrected chi connectivity index (χ0v) is 10.5. The average molecular weight is 290 g/mol. The Labute approximate surface area is 108 Å². The zero-order valence-electron chi connectivity index (χ0n) is 8.81. The number of halogens is 3. The van der Waals surface area contributed by atoms with E-state index in [4.69, 9.17) is 16.6 Å². The summed E-state index contributed by atoms with van der Waals surface area (Å²) in [5.74, 6) is -3.05. The maximum Gasteiger partial charge on any atom is 0.378 e. The van der Waals surface area contributed by atoms with Crippen molar-refractivity contribution in [3.63, 3.8) is 0 Å². The molecule has 0 saturated carbocycles. The van der Waals surface area contributed by atoms with Crippen molar-refractivity contribution < 1.29 is 18.7 Å². The molecule has 0 aliphatic heterocycles. The number of nitrogens with zero attached hydrogens (tertiary/aromatic N) is 1. The molecule has 0 rings (SSSR count). The minimum absolute atomic E-state index is 0.138. The number of hydrogen-bond donors (Lipinski definition) is 4. The maximum atomic E-state index is 12.6. The van der Waals surface area contributed by atoms with E-state index in [0.29, 0.717) is 0 Å². The molecule has 0 saturated heterocycles. The van der Waals surface area contributed by atoms with Crippen molar-refractivity contribution in [1.29, 1.82) is 0 Å². The van der Waals surface area contributed by atoms with E-state index in [0.717, 1.165) is 0 Å². The number of carboxylic acids is 1. The van der Waals surface area contributed by atoms with Crippen LogP contribution >= 0.6 is 24.2 Å². The molecule has 100 valence electrons. The van der Waals surface area contributed by atoms with Gasteiger partial charge in [0.05, 0.1) is 0 Å². The molecule has 0 amide bonds. The van der Waals surface area contributed by atoms with Gasteiger partial charge in [-0.25, -0.2) is 4.79 Å². The number of aliphatic imine (C=N–C) groups is 1. The van der Waals surface area contributed by atoms with Crippen LogP contribution < -0.4 is 11.5 Å². The van der Waals surface area contributed by atoms with Crippen LogP contribution in [0.1, 0.15) is 6.42 Å². The summed E-state index contributed by atoms with van der Waals surface area (Å²) in [5, 5.41) is 5.03. The minimum atomic E-state index is -3.86. The summed E-state index contributed by atoms with van der Waals surface area (Å²) in [7, 11) is 0. The molecule has 2 atom stereocenters. The van der Waals surface area contributed by atoms with Crippen LogP contribution in [0.3, 0.4) is 0 Å². The van der Waals surface area contributed by atoms with Crippen molar-refractivity contribution in [3.8, 4) is 0 Å². The third-order valence-corrected chi connectivity index (χ3v) is 2.70. The molecule has 0 aliphatic carbocycles. The Kier molecular flexibility index (Phi) is 6.73. The van der Waals surface area contributed by atoms with Gasteiger partial charge in [-0.3, -0.25) is 4.99 Å². The quantitative estimate of drug-likeness (QED) is 0.237. The first-order valence-corrected chi connectivity index (χ1v) is 5.69. The summed E-state index contributed by atoms with van der Waals surface area (Å²) >= 11 is 8.56. The predicted octanol–water partition coefficient (Wildman–Crippen LogP) is 0.523. The van der Waals surface area contributed by atoms with Gasteiger partial charge in [0.25, 0.3) is 0 Å². The van der Waals surface area contributed by atoms with E-state index in [9.17, 15) is 13.6 Å². The van der Waals surface area contributed by atoms with E-state index in [1.54, 1.807) is 0 Å². The molecule has 0 fully saturated rings. The summed E-state index contributed by atoms with van der Waals surface area (Å²) in [4.78, 5) is 14.2. The van der Waals surface area contributed by atoms with Gasteiger partial charge in [-0.1, -0.05) is 0 Å². The van der Waals surface area contributed by atoms with Crippen molar-refractivity contribution in [1.82, 2.24) is 0 Å². The number of aliphatic carboxylic acids is 1. The summed E-state index contributed by atoms with van der Waals surface area (Å²) in [5.41, 5.74) is 10.2. The number of thiol groups is 1. The summed E-state index contributed by atoms with van der Waals surface area (Å²) in [6, 6.07) is -1.43. The first-order valence-electron chi connectivity index (χ1n) is 4.68. The fourth-order valence-corrected chi connectivity index (χ4v) is 1.58. The van der Waals surface area contributed by atoms with Gasteiger partial charge in [0.2, 0.25) is 0 Å². The van der Waals surface area contributed by atoms with Crippen LogP contribution in [0.25, 0.3) is 0 Å². The first-order chi connectivity index (χ1) is 7.73. The van der Waals surface area contributed by atoms with Gasteiger partial charge in [0, 0.05) is 5.92 Å². The second kappa shape index (κ2) is 6.97. The Morgan fingerprint density at radius 1 is 1.59 bits per heavy atom. The maximum absolute atomic E-state index is 12.6. The number of amidine groups is 1. The number of rotatable bonds is 7. The summed E-state index contributed by atoms with van der Waals surface area (Å²) < 4.78 is 25.1. The zero-order chi connectivity index (χ0) is 13.6. The smallest absolute Gasteiger partial charge is 0.378 e. The molecule has 0 radical (unpaired) electrons. The third-order valence-electron chi connectivity index (χ3n) is 2.04. The van der Waals surface area contributed by atoms with Crippen LogP contribution in [-0.4, -0.2) is 40.6 Å². The van der Waals surface area contributed by atoms with Gasteiger partial charge in [-0.15, -0.1) is 0 Å². The number of alkyl halides is 3. The summed E-state index contributed by atoms with van der Waals surface area (Å²) in [6.45, 7) is 0.196. The molecule has 0 aromatic heterocycles. The highest BCUT2D eigenvalue weighted by atomic mass is 35.5. The molecule has 0 aliphatic rings. The molecule has 0 heterocycles. The van der Waals surface area contributed by atoms with Gasteiger partial charge in [0.15, 0.2) is 11.9 Å². The molecular formula is C8H14ClF2N3O2S. The molecule has 0 spiro atoms. The van der Waals surface area contributed by atoms with E-state index in [2.05, 4.69) is 29.2 Å². The summed E-state index contributed by atoms with van der Waals surface area (Å²) in [6.07, 6.45) is 0.283. The number of hydrogen-bond acceptors (Lipinski definition) is 4. The topological polar surface area (TPSA) is 102 Å². The molecule has 0 aromatic carbocycles. The van der Waals surface area contributed by atoms with Crippen LogP contribution in [-0.2, 0) is 4.79 Å². The molecule has 5 N–H and O–H groups in total. The van der Waals surface area contributed by atoms with Crippen LogP contribution in [0.4, 0.5) is 8.78 Å². The Balaban J connectivity index is 5.04.